The summed E-state index contributed by atoms with van der Waals surface area (Å²) in [7, 11) is 0. The quantitative estimate of drug-likeness (QED) is 0.269. The van der Waals surface area contributed by atoms with E-state index in [1.165, 1.54) is 53.4 Å². The van der Waals surface area contributed by atoms with Crippen LogP contribution in [-0.4, -0.2) is 62.7 Å². The lowest BCUT2D eigenvalue weighted by Crippen LogP contribution is -2.50. The van der Waals surface area contributed by atoms with Crippen LogP contribution < -0.4 is 11.1 Å². The van der Waals surface area contributed by atoms with Crippen molar-refractivity contribution >= 4 is 29.5 Å². The Bertz CT molecular complexity index is 1240. The summed E-state index contributed by atoms with van der Waals surface area (Å²) >= 11 is 0. The van der Waals surface area contributed by atoms with Crippen molar-refractivity contribution in [2.75, 3.05) is 6.54 Å². The highest BCUT2D eigenvalue weighted by Crippen LogP contribution is 2.30. The Balaban J connectivity index is 1.62. The molecule has 1 heterocycles. The monoisotopic (exact) mass is 559 g/mol. The van der Waals surface area contributed by atoms with Gasteiger partial charge in [0.1, 0.15) is 13.2 Å². The molecule has 0 aliphatic carbocycles. The minimum atomic E-state index is -0.909. The van der Waals surface area contributed by atoms with E-state index in [2.05, 4.69) is 5.32 Å². The van der Waals surface area contributed by atoms with Crippen molar-refractivity contribution in [2.24, 2.45) is 11.7 Å². The van der Waals surface area contributed by atoms with Crippen LogP contribution in [0.2, 0.25) is 0 Å². The van der Waals surface area contributed by atoms with E-state index in [4.69, 9.17) is 15.2 Å². The molecule has 0 radical (unpaired) electrons. The van der Waals surface area contributed by atoms with E-state index in [0.717, 1.165) is 0 Å². The molecule has 15 nitrogen and oxygen atoms in total. The fourth-order valence-electron chi connectivity index (χ4n) is 4.48. The maximum Gasteiger partial charge on any atom is 0.410 e. The van der Waals surface area contributed by atoms with Crippen LogP contribution in [-0.2, 0) is 27.5 Å². The van der Waals surface area contributed by atoms with Crippen molar-refractivity contribution in [1.29, 1.82) is 0 Å². The molecular weight excluding hydrogens is 530 g/mol. The Labute approximate surface area is 228 Å². The van der Waals surface area contributed by atoms with Gasteiger partial charge >= 0.3 is 12.2 Å². The predicted molar refractivity (Wildman–Crippen MR) is 138 cm³/mol. The Morgan fingerprint density at radius 3 is 1.98 bits per heavy atom. The van der Waals surface area contributed by atoms with E-state index in [1.54, 1.807) is 6.92 Å². The van der Waals surface area contributed by atoms with E-state index in [9.17, 15) is 39.7 Å². The number of nitrogens with zero attached hydrogens (tertiary/aromatic N) is 3. The minimum absolute atomic E-state index is 0.0731. The number of ether oxygens (including phenoxy) is 2. The van der Waals surface area contributed by atoms with E-state index in [1.807, 2.05) is 0 Å². The van der Waals surface area contributed by atoms with Crippen molar-refractivity contribution in [1.82, 2.24) is 10.2 Å². The maximum atomic E-state index is 12.9. The minimum Gasteiger partial charge on any atom is -0.445 e. The van der Waals surface area contributed by atoms with Crippen molar-refractivity contribution in [2.45, 2.75) is 51.2 Å². The average Bonchev–Trinajstić information content (AvgIpc) is 3.30. The van der Waals surface area contributed by atoms with Gasteiger partial charge in [-0.05, 0) is 48.7 Å². The van der Waals surface area contributed by atoms with Gasteiger partial charge < -0.3 is 30.5 Å². The van der Waals surface area contributed by atoms with Gasteiger partial charge in [-0.3, -0.25) is 25.0 Å². The molecule has 4 atom stereocenters. The molecule has 214 valence electrons. The Hall–Kier alpha value is -4.79. The molecular formula is C25H29N5O10. The second kappa shape index (κ2) is 13.3. The number of alkyl carbamates (subject to hydrolysis) is 1. The first-order chi connectivity index (χ1) is 18.9. The van der Waals surface area contributed by atoms with Gasteiger partial charge in [0, 0.05) is 48.7 Å². The lowest BCUT2D eigenvalue weighted by atomic mass is 9.87. The lowest BCUT2D eigenvalue weighted by molar-refractivity contribution is -0.385. The zero-order valence-electron chi connectivity index (χ0n) is 21.5. The van der Waals surface area contributed by atoms with Crippen molar-refractivity contribution < 1.29 is 38.8 Å². The zero-order chi connectivity index (χ0) is 29.4. The summed E-state index contributed by atoms with van der Waals surface area (Å²) in [5.41, 5.74) is 6.25. The van der Waals surface area contributed by atoms with Crippen LogP contribution in [0.5, 0.6) is 0 Å². The van der Waals surface area contributed by atoms with Crippen LogP contribution in [0, 0.1) is 26.1 Å². The number of hydrogen-bond donors (Lipinski definition) is 3. The fraction of sp³-hybridized carbons (Fsp3) is 0.400. The van der Waals surface area contributed by atoms with E-state index < -0.39 is 52.0 Å². The summed E-state index contributed by atoms with van der Waals surface area (Å²) < 4.78 is 10.5. The number of rotatable bonds is 11. The molecule has 0 spiro atoms. The van der Waals surface area contributed by atoms with Crippen molar-refractivity contribution in [3.63, 3.8) is 0 Å². The summed E-state index contributed by atoms with van der Waals surface area (Å²) in [6, 6.07) is 9.48. The Kier molecular flexibility index (Phi) is 9.92. The molecule has 2 aromatic rings. The van der Waals surface area contributed by atoms with Crippen LogP contribution in [0.4, 0.5) is 21.0 Å². The molecule has 0 saturated carbocycles. The van der Waals surface area contributed by atoms with E-state index >= 15 is 0 Å². The number of carbonyl (C=O) groups excluding carboxylic acids is 3. The number of benzene rings is 2. The van der Waals surface area contributed by atoms with Gasteiger partial charge in [-0.1, -0.05) is 0 Å². The predicted octanol–water partition coefficient (Wildman–Crippen LogP) is 2.38. The number of nitro benzene ring substituents is 2. The van der Waals surface area contributed by atoms with Crippen molar-refractivity contribution in [3.05, 3.63) is 79.9 Å². The molecule has 1 aliphatic rings. The van der Waals surface area contributed by atoms with Gasteiger partial charge in [-0.25, -0.2) is 9.59 Å². The number of β-amino-alcohol motifs (C(OH)–C–C–N with tert-alkyl or cyclic N) is 1. The van der Waals surface area contributed by atoms with Gasteiger partial charge in [0.25, 0.3) is 11.4 Å². The van der Waals surface area contributed by atoms with E-state index in [0.29, 0.717) is 11.1 Å². The van der Waals surface area contributed by atoms with Gasteiger partial charge in [0.05, 0.1) is 22.5 Å². The number of carbonyl (C=O) groups is 3. The molecule has 40 heavy (non-hydrogen) atoms. The number of aliphatic hydroxyl groups excluding tert-OH is 1. The molecule has 1 aliphatic heterocycles. The summed E-state index contributed by atoms with van der Waals surface area (Å²) in [6.45, 7) is 1.18. The third-order valence-corrected chi connectivity index (χ3v) is 6.50. The second-order valence-corrected chi connectivity index (χ2v) is 9.35. The Morgan fingerprint density at radius 1 is 1.00 bits per heavy atom. The number of hydrogen-bond acceptors (Lipinski definition) is 10. The van der Waals surface area contributed by atoms with Crippen LogP contribution in [0.15, 0.2) is 48.5 Å². The standard InChI is InChI=1S/C25H29N5O10/c1-15(27-24(33)39-13-16-2-6-18(7-3-16)29(35)36)21(11-23(26)32)22-10-20(31)12-28(22)25(34)40-14-17-4-8-19(9-5-17)30(37)38/h2-9,15,20-22,31H,10-14H2,1H3,(H2,26,32)(H,27,33)/t15?,20-,21?,22+/m1/s1. The first-order valence-electron chi connectivity index (χ1n) is 12.2. The second-order valence-electron chi connectivity index (χ2n) is 9.35. The first kappa shape index (κ1) is 29.8. The highest BCUT2D eigenvalue weighted by atomic mass is 16.6. The maximum absolute atomic E-state index is 12.9. The molecule has 4 N–H and O–H groups in total. The largest absolute Gasteiger partial charge is 0.445 e. The molecule has 2 aromatic carbocycles. The van der Waals surface area contributed by atoms with Crippen molar-refractivity contribution in [3.8, 4) is 0 Å². The summed E-state index contributed by atoms with van der Waals surface area (Å²) in [5.74, 6) is -1.38. The number of likely N-dealkylation sites (tertiary alicyclic amines) is 1. The first-order valence-corrected chi connectivity index (χ1v) is 12.2. The van der Waals surface area contributed by atoms with Gasteiger partial charge in [0.2, 0.25) is 5.91 Å². The molecule has 3 amide bonds. The third kappa shape index (κ3) is 8.10. The summed E-state index contributed by atoms with van der Waals surface area (Å²) in [6.07, 6.45) is -2.62. The zero-order valence-corrected chi connectivity index (χ0v) is 21.5. The molecule has 15 heteroatoms. The smallest absolute Gasteiger partial charge is 0.410 e. The number of primary amides is 1. The normalized spacial score (nSPS) is 17.9. The number of amides is 3. The molecule has 1 fully saturated rings. The highest BCUT2D eigenvalue weighted by Gasteiger charge is 2.43. The number of nitrogens with two attached hydrogens (primary N) is 1. The van der Waals surface area contributed by atoms with Crippen LogP contribution >= 0.6 is 0 Å². The third-order valence-electron chi connectivity index (χ3n) is 6.50. The fourth-order valence-corrected chi connectivity index (χ4v) is 4.48. The SMILES string of the molecule is CC(NC(=O)OCc1ccc([N+](=O)[O-])cc1)C(CC(N)=O)[C@@H]1C[C@@H](O)CN1C(=O)OCc1ccc([N+](=O)[O-])cc1. The van der Waals surface area contributed by atoms with Crippen LogP contribution in [0.25, 0.3) is 0 Å². The molecule has 3 rings (SSSR count). The summed E-state index contributed by atoms with van der Waals surface area (Å²) in [5, 5.41) is 34.5. The van der Waals surface area contributed by atoms with Crippen LogP contribution in [0.3, 0.4) is 0 Å². The number of aliphatic hydroxyl groups is 1. The molecule has 2 unspecified atom stereocenters. The van der Waals surface area contributed by atoms with Gasteiger partial charge in [0.15, 0.2) is 0 Å². The molecule has 0 bridgehead atoms. The number of nitro groups is 2. The number of nitrogens with one attached hydrogen (secondary N) is 1. The molecule has 1 saturated heterocycles. The van der Waals surface area contributed by atoms with Gasteiger partial charge in [-0.15, -0.1) is 0 Å². The lowest BCUT2D eigenvalue weighted by Gasteiger charge is -2.34. The highest BCUT2D eigenvalue weighted by molar-refractivity contribution is 5.75. The molecule has 0 aromatic heterocycles. The van der Waals surface area contributed by atoms with Crippen LogP contribution in [0.1, 0.15) is 30.9 Å². The number of non-ortho nitro benzene ring substituents is 2. The average molecular weight is 560 g/mol. The van der Waals surface area contributed by atoms with Gasteiger partial charge in [-0.2, -0.15) is 0 Å². The van der Waals surface area contributed by atoms with E-state index in [-0.39, 0.29) is 44.0 Å². The Morgan fingerprint density at radius 2 is 1.50 bits per heavy atom. The summed E-state index contributed by atoms with van der Waals surface area (Å²) in [4.78, 5) is 59.0. The topological polar surface area (TPSA) is 217 Å².